The fourth-order valence-corrected chi connectivity index (χ4v) is 1.76. The molecule has 0 saturated carbocycles. The van der Waals surface area contributed by atoms with Gasteiger partial charge in [-0.25, -0.2) is 13.6 Å². The van der Waals surface area contributed by atoms with E-state index in [1.807, 2.05) is 0 Å². The molecule has 13 heavy (non-hydrogen) atoms. The van der Waals surface area contributed by atoms with Gasteiger partial charge in [-0.3, -0.25) is 0 Å². The molecular weight excluding hydrogens is 188 g/mol. The quantitative estimate of drug-likeness (QED) is 0.708. The summed E-state index contributed by atoms with van der Waals surface area (Å²) in [7, 11) is -3.59. The minimum atomic E-state index is -3.59. The van der Waals surface area contributed by atoms with Gasteiger partial charge in [-0.05, 0) is 24.3 Å². The van der Waals surface area contributed by atoms with Gasteiger partial charge in [-0.1, -0.05) is 0 Å². The molecule has 2 aromatic rings. The number of fused-ring (bicyclic) bond motifs is 1. The highest BCUT2D eigenvalue weighted by molar-refractivity contribution is 7.89. The fourth-order valence-electron chi connectivity index (χ4n) is 1.21. The van der Waals surface area contributed by atoms with Gasteiger partial charge in [0.25, 0.3) is 0 Å². The molecule has 1 aromatic heterocycles. The van der Waals surface area contributed by atoms with Crippen LogP contribution in [-0.2, 0) is 10.0 Å². The Hall–Kier alpha value is -1.33. The van der Waals surface area contributed by atoms with Gasteiger partial charge in [-0.2, -0.15) is 0 Å². The summed E-state index contributed by atoms with van der Waals surface area (Å²) < 4.78 is 21.9. The van der Waals surface area contributed by atoms with E-state index in [0.717, 1.165) is 10.9 Å². The molecule has 1 aromatic carbocycles. The first-order chi connectivity index (χ1) is 6.07. The Bertz CT molecular complexity index is 542. The molecule has 0 aliphatic carbocycles. The van der Waals surface area contributed by atoms with E-state index in [1.54, 1.807) is 24.4 Å². The molecule has 3 N–H and O–H groups in total. The summed E-state index contributed by atoms with van der Waals surface area (Å²) in [6.45, 7) is 0. The molecule has 5 heteroatoms. The number of aromatic nitrogens is 1. The number of sulfonamides is 1. The Morgan fingerprint density at radius 1 is 1.23 bits per heavy atom. The van der Waals surface area contributed by atoms with E-state index in [-0.39, 0.29) is 4.90 Å². The van der Waals surface area contributed by atoms with E-state index in [9.17, 15) is 8.42 Å². The van der Waals surface area contributed by atoms with Crippen molar-refractivity contribution < 1.29 is 8.42 Å². The molecule has 2 rings (SSSR count). The van der Waals surface area contributed by atoms with Gasteiger partial charge in [0.15, 0.2) is 0 Å². The van der Waals surface area contributed by atoms with Crippen molar-refractivity contribution in [2.45, 2.75) is 4.90 Å². The van der Waals surface area contributed by atoms with Gasteiger partial charge in [0.2, 0.25) is 10.0 Å². The lowest BCUT2D eigenvalue weighted by atomic mass is 10.2. The predicted octanol–water partition coefficient (Wildman–Crippen LogP) is 0.815. The average molecular weight is 196 g/mol. The van der Waals surface area contributed by atoms with Crippen molar-refractivity contribution in [3.8, 4) is 0 Å². The van der Waals surface area contributed by atoms with E-state index < -0.39 is 10.0 Å². The average Bonchev–Trinajstić information content (AvgIpc) is 2.47. The van der Waals surface area contributed by atoms with Crippen LogP contribution in [0, 0.1) is 0 Å². The van der Waals surface area contributed by atoms with Gasteiger partial charge in [0.05, 0.1) is 4.90 Å². The first kappa shape index (κ1) is 8.28. The summed E-state index contributed by atoms with van der Waals surface area (Å²) in [5.74, 6) is 0. The number of rotatable bonds is 1. The second-order valence-corrected chi connectivity index (χ2v) is 4.33. The molecule has 4 nitrogen and oxygen atoms in total. The summed E-state index contributed by atoms with van der Waals surface area (Å²) in [4.78, 5) is 3.10. The van der Waals surface area contributed by atoms with Crippen molar-refractivity contribution in [3.63, 3.8) is 0 Å². The number of nitrogens with two attached hydrogens (primary N) is 1. The standard InChI is InChI=1S/C8H8N2O2S/c9-13(11,12)7-1-2-8-6(5-7)3-4-10-8/h1-5,10H,(H2,9,11,12). The van der Waals surface area contributed by atoms with E-state index in [2.05, 4.69) is 4.98 Å². The van der Waals surface area contributed by atoms with Gasteiger partial charge in [-0.15, -0.1) is 0 Å². The van der Waals surface area contributed by atoms with Crippen LogP contribution in [0.25, 0.3) is 10.9 Å². The van der Waals surface area contributed by atoms with Crippen LogP contribution in [0.2, 0.25) is 0 Å². The zero-order valence-corrected chi connectivity index (χ0v) is 7.51. The third-order valence-corrected chi connectivity index (χ3v) is 2.76. The third-order valence-electron chi connectivity index (χ3n) is 1.85. The zero-order chi connectivity index (χ0) is 9.47. The highest BCUT2D eigenvalue weighted by Gasteiger charge is 2.07. The lowest BCUT2D eigenvalue weighted by Crippen LogP contribution is -2.11. The van der Waals surface area contributed by atoms with Crippen LogP contribution in [0.1, 0.15) is 0 Å². The van der Waals surface area contributed by atoms with E-state index in [1.165, 1.54) is 6.07 Å². The normalized spacial score (nSPS) is 12.1. The van der Waals surface area contributed by atoms with Gasteiger partial charge >= 0.3 is 0 Å². The summed E-state index contributed by atoms with van der Waals surface area (Å²) in [5, 5.41) is 5.82. The lowest BCUT2D eigenvalue weighted by Gasteiger charge is -1.96. The zero-order valence-electron chi connectivity index (χ0n) is 6.69. The van der Waals surface area contributed by atoms with Gasteiger partial charge in [0.1, 0.15) is 0 Å². The molecular formula is C8H8N2O2S. The fraction of sp³-hybridized carbons (Fsp3) is 0. The maximum absolute atomic E-state index is 11.0. The number of nitrogens with one attached hydrogen (secondary N) is 1. The topological polar surface area (TPSA) is 76.0 Å². The van der Waals surface area contributed by atoms with Crippen LogP contribution < -0.4 is 5.14 Å². The molecule has 0 fully saturated rings. The number of hydrogen-bond donors (Lipinski definition) is 2. The predicted molar refractivity (Wildman–Crippen MR) is 49.7 cm³/mol. The largest absolute Gasteiger partial charge is 0.361 e. The monoisotopic (exact) mass is 196 g/mol. The van der Waals surface area contributed by atoms with Crippen LogP contribution in [0.4, 0.5) is 0 Å². The molecule has 0 bridgehead atoms. The van der Waals surface area contributed by atoms with E-state index in [0.29, 0.717) is 0 Å². The summed E-state index contributed by atoms with van der Waals surface area (Å²) in [6.07, 6.45) is 1.75. The van der Waals surface area contributed by atoms with Crippen LogP contribution in [-0.4, -0.2) is 13.4 Å². The number of benzene rings is 1. The minimum Gasteiger partial charge on any atom is -0.361 e. The third kappa shape index (κ3) is 1.43. The van der Waals surface area contributed by atoms with Crippen LogP contribution in [0.5, 0.6) is 0 Å². The Kier molecular flexibility index (Phi) is 1.64. The first-order valence-corrected chi connectivity index (χ1v) is 5.22. The van der Waals surface area contributed by atoms with Crippen LogP contribution >= 0.6 is 0 Å². The summed E-state index contributed by atoms with van der Waals surface area (Å²) in [5.41, 5.74) is 0.896. The molecule has 0 radical (unpaired) electrons. The van der Waals surface area contributed by atoms with Crippen molar-refractivity contribution >= 4 is 20.9 Å². The molecule has 0 spiro atoms. The Morgan fingerprint density at radius 2 is 2.00 bits per heavy atom. The smallest absolute Gasteiger partial charge is 0.238 e. The molecule has 0 saturated heterocycles. The number of primary sulfonamides is 1. The molecule has 0 atom stereocenters. The molecule has 0 aliphatic rings. The Balaban J connectivity index is 2.75. The molecule has 68 valence electrons. The number of aromatic amines is 1. The summed E-state index contributed by atoms with van der Waals surface area (Å²) >= 11 is 0. The lowest BCUT2D eigenvalue weighted by molar-refractivity contribution is 0.598. The maximum atomic E-state index is 11.0. The van der Waals surface area contributed by atoms with Gasteiger partial charge in [0, 0.05) is 17.1 Å². The minimum absolute atomic E-state index is 0.139. The SMILES string of the molecule is NS(=O)(=O)c1ccc2[nH]ccc2c1. The first-order valence-electron chi connectivity index (χ1n) is 3.67. The highest BCUT2D eigenvalue weighted by atomic mass is 32.2. The Labute approximate surface area is 75.4 Å². The molecule has 0 aliphatic heterocycles. The summed E-state index contributed by atoms with van der Waals surface area (Å²) in [6, 6.07) is 6.51. The van der Waals surface area contributed by atoms with Crippen molar-refractivity contribution in [3.05, 3.63) is 30.5 Å². The highest BCUT2D eigenvalue weighted by Crippen LogP contribution is 2.16. The molecule has 0 amide bonds. The Morgan fingerprint density at radius 3 is 2.69 bits per heavy atom. The second kappa shape index (κ2) is 2.58. The van der Waals surface area contributed by atoms with Gasteiger partial charge < -0.3 is 4.98 Å². The van der Waals surface area contributed by atoms with E-state index in [4.69, 9.17) is 5.14 Å². The van der Waals surface area contributed by atoms with Crippen molar-refractivity contribution in [1.82, 2.24) is 4.98 Å². The number of hydrogen-bond acceptors (Lipinski definition) is 2. The van der Waals surface area contributed by atoms with Crippen molar-refractivity contribution in [1.29, 1.82) is 0 Å². The van der Waals surface area contributed by atoms with Crippen molar-refractivity contribution in [2.75, 3.05) is 0 Å². The second-order valence-electron chi connectivity index (χ2n) is 2.77. The molecule has 0 unspecified atom stereocenters. The molecule has 1 heterocycles. The maximum Gasteiger partial charge on any atom is 0.238 e. The number of H-pyrrole nitrogens is 1. The van der Waals surface area contributed by atoms with E-state index >= 15 is 0 Å². The van der Waals surface area contributed by atoms with Crippen LogP contribution in [0.15, 0.2) is 35.4 Å². The van der Waals surface area contributed by atoms with Crippen LogP contribution in [0.3, 0.4) is 0 Å². The van der Waals surface area contributed by atoms with Crippen molar-refractivity contribution in [2.24, 2.45) is 5.14 Å².